The summed E-state index contributed by atoms with van der Waals surface area (Å²) in [5, 5.41) is 13.4. The largest absolute Gasteiger partial charge is 0.395 e. The maximum absolute atomic E-state index is 11.9. The van der Waals surface area contributed by atoms with E-state index in [9.17, 15) is 13.2 Å². The fourth-order valence-electron chi connectivity index (χ4n) is 1.73. The van der Waals surface area contributed by atoms with Crippen LogP contribution in [0.25, 0.3) is 0 Å². The topological polar surface area (TPSA) is 83.5 Å². The summed E-state index contributed by atoms with van der Waals surface area (Å²) < 4.78 is 23.5. The van der Waals surface area contributed by atoms with Crippen LogP contribution in [0.5, 0.6) is 0 Å². The molecule has 5 nitrogen and oxygen atoms in total. The molecule has 0 aliphatic heterocycles. The average Bonchev–Trinajstić information content (AvgIpc) is 2.98. The van der Waals surface area contributed by atoms with Gasteiger partial charge in [0.15, 0.2) is 9.84 Å². The molecule has 0 atom stereocenters. The van der Waals surface area contributed by atoms with Gasteiger partial charge in [0, 0.05) is 10.4 Å². The number of hydrogen-bond donors (Lipinski definition) is 2. The third-order valence-electron chi connectivity index (χ3n) is 2.84. The molecule has 2 N–H and O–H groups in total. The zero-order valence-electron chi connectivity index (χ0n) is 11.2. The lowest BCUT2D eigenvalue weighted by atomic mass is 10.2. The van der Waals surface area contributed by atoms with Gasteiger partial charge in [-0.3, -0.25) is 4.79 Å². The van der Waals surface area contributed by atoms with E-state index in [0.29, 0.717) is 12.1 Å². The van der Waals surface area contributed by atoms with Crippen LogP contribution in [0.3, 0.4) is 0 Å². The lowest BCUT2D eigenvalue weighted by Crippen LogP contribution is -2.22. The summed E-state index contributed by atoms with van der Waals surface area (Å²) in [6, 6.07) is 9.53. The number of carbonyl (C=O) groups is 1. The van der Waals surface area contributed by atoms with Crippen molar-refractivity contribution in [3.05, 3.63) is 52.2 Å². The van der Waals surface area contributed by atoms with Crippen molar-refractivity contribution in [3.63, 3.8) is 0 Å². The van der Waals surface area contributed by atoms with Crippen LogP contribution in [0.15, 0.2) is 46.7 Å². The molecule has 0 fully saturated rings. The van der Waals surface area contributed by atoms with Gasteiger partial charge >= 0.3 is 0 Å². The molecule has 1 aromatic carbocycles. The highest BCUT2D eigenvalue weighted by atomic mass is 32.2. The quantitative estimate of drug-likeness (QED) is 0.842. The highest BCUT2D eigenvalue weighted by molar-refractivity contribution is 7.91. The van der Waals surface area contributed by atoms with Crippen LogP contribution in [0.4, 0.5) is 0 Å². The standard InChI is InChI=1S/C14H15NO4S2/c16-7-9-21(18,19)13-5-3-11(4-6-13)14(17)15-10-12-2-1-8-20-12/h1-6,8,16H,7,9-10H2,(H,15,17). The molecule has 0 aliphatic carbocycles. The second-order valence-corrected chi connectivity index (χ2v) is 7.47. The zero-order valence-corrected chi connectivity index (χ0v) is 12.8. The minimum atomic E-state index is -3.48. The van der Waals surface area contributed by atoms with Crippen molar-refractivity contribution in [2.45, 2.75) is 11.4 Å². The van der Waals surface area contributed by atoms with Crippen molar-refractivity contribution in [2.24, 2.45) is 0 Å². The minimum absolute atomic E-state index is 0.103. The van der Waals surface area contributed by atoms with Gasteiger partial charge in [0.25, 0.3) is 5.91 Å². The molecular weight excluding hydrogens is 310 g/mol. The predicted octanol–water partition coefficient (Wildman–Crippen LogP) is 1.44. The minimum Gasteiger partial charge on any atom is -0.395 e. The first-order valence-corrected chi connectivity index (χ1v) is 8.80. The number of aliphatic hydroxyl groups is 1. The van der Waals surface area contributed by atoms with Crippen molar-refractivity contribution < 1.29 is 18.3 Å². The van der Waals surface area contributed by atoms with E-state index < -0.39 is 16.4 Å². The molecule has 0 saturated heterocycles. The maximum Gasteiger partial charge on any atom is 0.251 e. The number of thiophene rings is 1. The molecule has 1 heterocycles. The molecule has 112 valence electrons. The van der Waals surface area contributed by atoms with Crippen LogP contribution in [0, 0.1) is 0 Å². The highest BCUT2D eigenvalue weighted by Gasteiger charge is 2.14. The lowest BCUT2D eigenvalue weighted by Gasteiger charge is -2.06. The molecule has 0 saturated carbocycles. The molecule has 7 heteroatoms. The van der Waals surface area contributed by atoms with Crippen molar-refractivity contribution in [1.29, 1.82) is 0 Å². The number of amides is 1. The Bertz CT molecular complexity index is 691. The number of benzene rings is 1. The molecule has 0 spiro atoms. The fourth-order valence-corrected chi connectivity index (χ4v) is 3.41. The van der Waals surface area contributed by atoms with E-state index >= 15 is 0 Å². The van der Waals surface area contributed by atoms with Gasteiger partial charge < -0.3 is 10.4 Å². The summed E-state index contributed by atoms with van der Waals surface area (Å²) in [6.45, 7) is 0.0203. The second kappa shape index (κ2) is 6.84. The van der Waals surface area contributed by atoms with Gasteiger partial charge in [-0.05, 0) is 35.7 Å². The Balaban J connectivity index is 2.03. The molecule has 2 aromatic rings. The van der Waals surface area contributed by atoms with E-state index in [4.69, 9.17) is 5.11 Å². The number of aliphatic hydroxyl groups excluding tert-OH is 1. The van der Waals surface area contributed by atoms with Crippen LogP contribution in [0.2, 0.25) is 0 Å². The number of nitrogens with one attached hydrogen (secondary N) is 1. The Hall–Kier alpha value is -1.70. The van der Waals surface area contributed by atoms with Crippen LogP contribution >= 0.6 is 11.3 Å². The van der Waals surface area contributed by atoms with E-state index in [0.717, 1.165) is 4.88 Å². The van der Waals surface area contributed by atoms with Crippen molar-refractivity contribution in [2.75, 3.05) is 12.4 Å². The van der Waals surface area contributed by atoms with Gasteiger partial charge in [-0.1, -0.05) is 6.07 Å². The molecule has 2 rings (SSSR count). The molecular formula is C14H15NO4S2. The van der Waals surface area contributed by atoms with Gasteiger partial charge in [-0.25, -0.2) is 8.42 Å². The van der Waals surface area contributed by atoms with Crippen molar-refractivity contribution in [3.8, 4) is 0 Å². The smallest absolute Gasteiger partial charge is 0.251 e. The summed E-state index contributed by atoms with van der Waals surface area (Å²) in [5.74, 6) is -0.578. The molecule has 1 aromatic heterocycles. The summed E-state index contributed by atoms with van der Waals surface area (Å²) >= 11 is 1.55. The summed E-state index contributed by atoms with van der Waals surface area (Å²) in [5.41, 5.74) is 0.398. The maximum atomic E-state index is 11.9. The SMILES string of the molecule is O=C(NCc1cccs1)c1ccc(S(=O)(=O)CCO)cc1. The van der Waals surface area contributed by atoms with E-state index in [1.165, 1.54) is 24.3 Å². The summed E-state index contributed by atoms with van der Waals surface area (Å²) in [7, 11) is -3.48. The van der Waals surface area contributed by atoms with Crippen LogP contribution in [0.1, 0.15) is 15.2 Å². The normalized spacial score (nSPS) is 11.3. The van der Waals surface area contributed by atoms with Crippen LogP contribution in [-0.2, 0) is 16.4 Å². The van der Waals surface area contributed by atoms with E-state index in [1.807, 2.05) is 17.5 Å². The monoisotopic (exact) mass is 325 g/mol. The Morgan fingerprint density at radius 2 is 1.90 bits per heavy atom. The van der Waals surface area contributed by atoms with Gasteiger partial charge in [0.2, 0.25) is 0 Å². The first-order valence-electron chi connectivity index (χ1n) is 6.27. The zero-order chi connectivity index (χ0) is 15.3. The first kappa shape index (κ1) is 15.7. The molecule has 0 radical (unpaired) electrons. The van der Waals surface area contributed by atoms with E-state index in [-0.39, 0.29) is 16.6 Å². The Morgan fingerprint density at radius 1 is 1.19 bits per heavy atom. The average molecular weight is 325 g/mol. The van der Waals surface area contributed by atoms with Crippen LogP contribution in [-0.4, -0.2) is 31.8 Å². The van der Waals surface area contributed by atoms with Gasteiger partial charge in [0.1, 0.15) is 0 Å². The molecule has 0 bridgehead atoms. The van der Waals surface area contributed by atoms with Gasteiger partial charge in [0.05, 0.1) is 23.8 Å². The van der Waals surface area contributed by atoms with Crippen LogP contribution < -0.4 is 5.32 Å². The number of hydrogen-bond acceptors (Lipinski definition) is 5. The Morgan fingerprint density at radius 3 is 2.48 bits per heavy atom. The van der Waals surface area contributed by atoms with E-state index in [2.05, 4.69) is 5.32 Å². The van der Waals surface area contributed by atoms with Crippen molar-refractivity contribution in [1.82, 2.24) is 5.32 Å². The van der Waals surface area contributed by atoms with Gasteiger partial charge in [-0.2, -0.15) is 0 Å². The van der Waals surface area contributed by atoms with Gasteiger partial charge in [-0.15, -0.1) is 11.3 Å². The molecule has 21 heavy (non-hydrogen) atoms. The van der Waals surface area contributed by atoms with E-state index in [1.54, 1.807) is 11.3 Å². The fraction of sp³-hybridized carbons (Fsp3) is 0.214. The third-order valence-corrected chi connectivity index (χ3v) is 5.43. The molecule has 0 aliphatic rings. The molecule has 0 unspecified atom stereocenters. The Kier molecular flexibility index (Phi) is 5.11. The molecule has 1 amide bonds. The number of carbonyl (C=O) groups excluding carboxylic acids is 1. The Labute approximate surface area is 127 Å². The van der Waals surface area contributed by atoms with Crippen molar-refractivity contribution >= 4 is 27.1 Å². The third kappa shape index (κ3) is 4.13. The number of sulfone groups is 1. The first-order chi connectivity index (χ1) is 10.0. The number of rotatable bonds is 6. The summed E-state index contributed by atoms with van der Waals surface area (Å²) in [4.78, 5) is 13.1. The summed E-state index contributed by atoms with van der Waals surface area (Å²) in [6.07, 6.45) is 0. The predicted molar refractivity (Wildman–Crippen MR) is 81.1 cm³/mol. The second-order valence-electron chi connectivity index (χ2n) is 4.33. The highest BCUT2D eigenvalue weighted by Crippen LogP contribution is 2.13. The lowest BCUT2D eigenvalue weighted by molar-refractivity contribution is 0.0951.